The van der Waals surface area contributed by atoms with Gasteiger partial charge >= 0.3 is 0 Å². The van der Waals surface area contributed by atoms with E-state index in [9.17, 15) is 4.39 Å². The fourth-order valence-electron chi connectivity index (χ4n) is 1.04. The Balaban J connectivity index is 2.48. The fraction of sp³-hybridized carbons (Fsp3) is 0.714. The van der Waals surface area contributed by atoms with Crippen LogP contribution < -0.4 is 5.73 Å². The number of alkyl halides is 1. The van der Waals surface area contributed by atoms with Gasteiger partial charge in [0, 0.05) is 13.1 Å². The van der Waals surface area contributed by atoms with Crippen molar-refractivity contribution in [2.24, 2.45) is 5.73 Å². The Morgan fingerprint density at radius 2 is 2.50 bits per heavy atom. The van der Waals surface area contributed by atoms with E-state index in [1.165, 1.54) is 0 Å². The van der Waals surface area contributed by atoms with Gasteiger partial charge in [0.2, 0.25) is 0 Å². The number of halogens is 1. The predicted molar refractivity (Wildman–Crippen MR) is 39.3 cm³/mol. The standard InChI is InChI=1S/C7H13FN2/c1-10-4-2-6(3-5-10)7(8)9/h2,7H,3-5,9H2,1H3. The molecular weight excluding hydrogens is 131 g/mol. The molecule has 0 saturated heterocycles. The molecule has 1 rings (SSSR count). The van der Waals surface area contributed by atoms with Crippen LogP contribution in [0.2, 0.25) is 0 Å². The second kappa shape index (κ2) is 3.12. The molecule has 0 amide bonds. The average Bonchev–Trinajstić information content (AvgIpc) is 1.88. The summed E-state index contributed by atoms with van der Waals surface area (Å²) in [7, 11) is 2.01. The lowest BCUT2D eigenvalue weighted by molar-refractivity contribution is 0.320. The number of rotatable bonds is 1. The van der Waals surface area contributed by atoms with E-state index >= 15 is 0 Å². The monoisotopic (exact) mass is 144 g/mol. The minimum absolute atomic E-state index is 0.748. The lowest BCUT2D eigenvalue weighted by atomic mass is 10.1. The first-order valence-corrected chi connectivity index (χ1v) is 3.47. The number of nitrogens with two attached hydrogens (primary N) is 1. The zero-order chi connectivity index (χ0) is 7.56. The Bertz CT molecular complexity index is 143. The zero-order valence-electron chi connectivity index (χ0n) is 6.18. The minimum Gasteiger partial charge on any atom is -0.302 e. The highest BCUT2D eigenvalue weighted by atomic mass is 19.1. The normalized spacial score (nSPS) is 24.1. The summed E-state index contributed by atoms with van der Waals surface area (Å²) in [4.78, 5) is 2.13. The first kappa shape index (κ1) is 7.69. The Labute approximate surface area is 60.5 Å². The van der Waals surface area contributed by atoms with Crippen LogP contribution in [0.15, 0.2) is 11.6 Å². The molecule has 0 spiro atoms. The highest BCUT2D eigenvalue weighted by molar-refractivity contribution is 5.10. The van der Waals surface area contributed by atoms with Gasteiger partial charge in [0.25, 0.3) is 0 Å². The zero-order valence-corrected chi connectivity index (χ0v) is 6.18. The smallest absolute Gasteiger partial charge is 0.170 e. The molecule has 0 aromatic heterocycles. The number of likely N-dealkylation sites (N-methyl/N-ethyl adjacent to an activating group) is 1. The second-order valence-corrected chi connectivity index (χ2v) is 2.69. The highest BCUT2D eigenvalue weighted by Crippen LogP contribution is 2.12. The molecule has 1 aliphatic rings. The molecule has 1 heterocycles. The van der Waals surface area contributed by atoms with E-state index in [1.54, 1.807) is 0 Å². The van der Waals surface area contributed by atoms with Crippen LogP contribution >= 0.6 is 0 Å². The molecule has 1 atom stereocenters. The molecule has 0 aromatic carbocycles. The molecular formula is C7H13FN2. The molecule has 1 aliphatic heterocycles. The number of hydrogen-bond donors (Lipinski definition) is 1. The minimum atomic E-state index is -1.24. The van der Waals surface area contributed by atoms with Crippen LogP contribution in [0.5, 0.6) is 0 Å². The van der Waals surface area contributed by atoms with E-state index in [-0.39, 0.29) is 0 Å². The van der Waals surface area contributed by atoms with Crippen LogP contribution in [0.25, 0.3) is 0 Å². The van der Waals surface area contributed by atoms with Crippen molar-refractivity contribution in [2.45, 2.75) is 12.7 Å². The van der Waals surface area contributed by atoms with Gasteiger partial charge in [0.15, 0.2) is 6.30 Å². The lowest BCUT2D eigenvalue weighted by Crippen LogP contribution is -2.29. The Morgan fingerprint density at radius 1 is 1.80 bits per heavy atom. The molecule has 1 unspecified atom stereocenters. The van der Waals surface area contributed by atoms with E-state index in [0.29, 0.717) is 0 Å². The Morgan fingerprint density at radius 3 is 2.90 bits per heavy atom. The fourth-order valence-corrected chi connectivity index (χ4v) is 1.04. The highest BCUT2D eigenvalue weighted by Gasteiger charge is 2.12. The maximum Gasteiger partial charge on any atom is 0.170 e. The van der Waals surface area contributed by atoms with Crippen molar-refractivity contribution in [3.05, 3.63) is 11.6 Å². The van der Waals surface area contributed by atoms with Crippen molar-refractivity contribution in [1.29, 1.82) is 0 Å². The summed E-state index contributed by atoms with van der Waals surface area (Å²) >= 11 is 0. The van der Waals surface area contributed by atoms with Gasteiger partial charge in [-0.1, -0.05) is 6.08 Å². The third kappa shape index (κ3) is 1.78. The van der Waals surface area contributed by atoms with Crippen LogP contribution in [-0.2, 0) is 0 Å². The third-order valence-corrected chi connectivity index (χ3v) is 1.80. The van der Waals surface area contributed by atoms with Gasteiger partial charge in [-0.3, -0.25) is 5.73 Å². The molecule has 3 heteroatoms. The van der Waals surface area contributed by atoms with E-state index in [4.69, 9.17) is 5.73 Å². The summed E-state index contributed by atoms with van der Waals surface area (Å²) in [5.41, 5.74) is 5.81. The first-order chi connectivity index (χ1) is 4.70. The van der Waals surface area contributed by atoms with E-state index in [2.05, 4.69) is 4.90 Å². The van der Waals surface area contributed by atoms with Crippen molar-refractivity contribution in [2.75, 3.05) is 20.1 Å². The third-order valence-electron chi connectivity index (χ3n) is 1.80. The summed E-state index contributed by atoms with van der Waals surface area (Å²) < 4.78 is 12.4. The molecule has 0 aliphatic carbocycles. The number of nitrogens with zero attached hydrogens (tertiary/aromatic N) is 1. The van der Waals surface area contributed by atoms with Gasteiger partial charge in [-0.05, 0) is 19.0 Å². The summed E-state index contributed by atoms with van der Waals surface area (Å²) in [6.45, 7) is 1.75. The molecule has 0 aromatic rings. The van der Waals surface area contributed by atoms with Gasteiger partial charge in [-0.15, -0.1) is 0 Å². The molecule has 2 N–H and O–H groups in total. The first-order valence-electron chi connectivity index (χ1n) is 3.47. The van der Waals surface area contributed by atoms with E-state index in [0.717, 1.165) is 25.1 Å². The van der Waals surface area contributed by atoms with Crippen molar-refractivity contribution < 1.29 is 4.39 Å². The van der Waals surface area contributed by atoms with Gasteiger partial charge in [0.1, 0.15) is 0 Å². The Hall–Kier alpha value is -0.410. The van der Waals surface area contributed by atoms with Crippen molar-refractivity contribution in [3.63, 3.8) is 0 Å². The van der Waals surface area contributed by atoms with Crippen molar-refractivity contribution in [3.8, 4) is 0 Å². The summed E-state index contributed by atoms with van der Waals surface area (Å²) in [6.07, 6.45) is 1.40. The molecule has 0 bridgehead atoms. The maximum atomic E-state index is 12.4. The van der Waals surface area contributed by atoms with Gasteiger partial charge in [-0.2, -0.15) is 0 Å². The quantitative estimate of drug-likeness (QED) is 0.429. The van der Waals surface area contributed by atoms with Gasteiger partial charge in [-0.25, -0.2) is 4.39 Å². The van der Waals surface area contributed by atoms with E-state index < -0.39 is 6.30 Å². The van der Waals surface area contributed by atoms with E-state index in [1.807, 2.05) is 13.1 Å². The summed E-state index contributed by atoms with van der Waals surface area (Å²) in [5, 5.41) is 0. The lowest BCUT2D eigenvalue weighted by Gasteiger charge is -2.22. The van der Waals surface area contributed by atoms with Crippen LogP contribution in [0.3, 0.4) is 0 Å². The van der Waals surface area contributed by atoms with Crippen LogP contribution in [0.1, 0.15) is 6.42 Å². The van der Waals surface area contributed by atoms with Gasteiger partial charge in [0.05, 0.1) is 0 Å². The van der Waals surface area contributed by atoms with Gasteiger partial charge < -0.3 is 4.90 Å². The van der Waals surface area contributed by atoms with Crippen LogP contribution in [0, 0.1) is 0 Å². The molecule has 10 heavy (non-hydrogen) atoms. The predicted octanol–water partition coefficient (Wildman–Crippen LogP) is 0.503. The van der Waals surface area contributed by atoms with Crippen molar-refractivity contribution in [1.82, 2.24) is 4.90 Å². The summed E-state index contributed by atoms with van der Waals surface area (Å²) in [5.74, 6) is 0. The largest absolute Gasteiger partial charge is 0.302 e. The van der Waals surface area contributed by atoms with Crippen LogP contribution in [0.4, 0.5) is 4.39 Å². The molecule has 2 nitrogen and oxygen atoms in total. The number of hydrogen-bond acceptors (Lipinski definition) is 2. The molecule has 58 valence electrons. The maximum absolute atomic E-state index is 12.4. The average molecular weight is 144 g/mol. The van der Waals surface area contributed by atoms with Crippen molar-refractivity contribution >= 4 is 0 Å². The molecule has 0 fully saturated rings. The molecule has 0 radical (unpaired) electrons. The SMILES string of the molecule is CN1CC=C(C(N)F)CC1. The Kier molecular flexibility index (Phi) is 2.40. The topological polar surface area (TPSA) is 29.3 Å². The molecule has 0 saturated carbocycles. The van der Waals surface area contributed by atoms with Crippen LogP contribution in [-0.4, -0.2) is 31.3 Å². The second-order valence-electron chi connectivity index (χ2n) is 2.69. The summed E-state index contributed by atoms with van der Waals surface area (Å²) in [6, 6.07) is 0.